The Labute approximate surface area is 316 Å². The summed E-state index contributed by atoms with van der Waals surface area (Å²) >= 11 is 0. The predicted octanol–water partition coefficient (Wildman–Crippen LogP) is 14.1. The van der Waals surface area contributed by atoms with Crippen LogP contribution in [0, 0.1) is 23.7 Å². The Bertz CT molecular complexity index is 2690. The van der Waals surface area contributed by atoms with E-state index < -0.39 is 0 Å². The average molecular weight is 696 g/mol. The van der Waals surface area contributed by atoms with Crippen LogP contribution in [0.25, 0.3) is 55.3 Å². The Hall–Kier alpha value is -5.86. The van der Waals surface area contributed by atoms with Crippen molar-refractivity contribution in [3.63, 3.8) is 0 Å². The van der Waals surface area contributed by atoms with Crippen LogP contribution < -0.4 is 4.90 Å². The van der Waals surface area contributed by atoms with Gasteiger partial charge in [0.15, 0.2) is 0 Å². The number of hydrogen-bond donors (Lipinski definition) is 0. The maximum atomic E-state index is 6.47. The molecule has 0 unspecified atom stereocenters. The summed E-state index contributed by atoms with van der Waals surface area (Å²) in [5.74, 6) is 3.29. The molecule has 0 saturated heterocycles. The van der Waals surface area contributed by atoms with Crippen molar-refractivity contribution in [2.24, 2.45) is 23.7 Å². The Morgan fingerprint density at radius 1 is 0.444 bits per heavy atom. The van der Waals surface area contributed by atoms with E-state index in [9.17, 15) is 0 Å². The number of benzene rings is 7. The second-order valence-corrected chi connectivity index (χ2v) is 16.5. The van der Waals surface area contributed by atoms with Crippen LogP contribution in [-0.4, -0.2) is 0 Å². The van der Waals surface area contributed by atoms with Gasteiger partial charge in [-0.2, -0.15) is 0 Å². The van der Waals surface area contributed by atoms with Gasteiger partial charge >= 0.3 is 0 Å². The van der Waals surface area contributed by atoms with Gasteiger partial charge in [0.05, 0.1) is 5.69 Å². The number of rotatable bonds is 5. The van der Waals surface area contributed by atoms with Crippen LogP contribution in [0.5, 0.6) is 0 Å². The summed E-state index contributed by atoms with van der Waals surface area (Å²) in [6.07, 6.45) is 7.00. The van der Waals surface area contributed by atoms with Gasteiger partial charge in [-0.3, -0.25) is 0 Å². The van der Waals surface area contributed by atoms with Crippen molar-refractivity contribution in [2.45, 2.75) is 37.5 Å². The third-order valence-electron chi connectivity index (χ3n) is 13.9. The van der Waals surface area contributed by atoms with Crippen LogP contribution in [0.15, 0.2) is 168 Å². The Morgan fingerprint density at radius 2 is 1.02 bits per heavy atom. The minimum absolute atomic E-state index is 0.118. The van der Waals surface area contributed by atoms with E-state index >= 15 is 0 Å². The molecule has 0 atom stereocenters. The molecule has 2 nitrogen and oxygen atoms in total. The van der Waals surface area contributed by atoms with Crippen LogP contribution in [-0.2, 0) is 5.41 Å². The first-order chi connectivity index (χ1) is 26.7. The zero-order valence-electron chi connectivity index (χ0n) is 30.3. The van der Waals surface area contributed by atoms with Gasteiger partial charge in [0.1, 0.15) is 11.2 Å². The predicted molar refractivity (Wildman–Crippen MR) is 223 cm³/mol. The molecule has 13 rings (SSSR count). The monoisotopic (exact) mass is 695 g/mol. The number of furan rings is 1. The lowest BCUT2D eigenvalue weighted by Crippen LogP contribution is -2.55. The van der Waals surface area contributed by atoms with Gasteiger partial charge in [-0.15, -0.1) is 0 Å². The topological polar surface area (TPSA) is 16.4 Å². The van der Waals surface area contributed by atoms with Crippen molar-refractivity contribution in [3.05, 3.63) is 175 Å². The number of nitrogens with zero attached hydrogens (tertiary/aromatic N) is 1. The highest BCUT2D eigenvalue weighted by Crippen LogP contribution is 2.70. The third-order valence-corrected chi connectivity index (χ3v) is 13.9. The highest BCUT2D eigenvalue weighted by molar-refractivity contribution is 6.09. The number of hydrogen-bond acceptors (Lipinski definition) is 2. The first kappa shape index (κ1) is 30.6. The Kier molecular flexibility index (Phi) is 6.55. The molecular formula is C52H41NO. The molecular weight excluding hydrogens is 655 g/mol. The highest BCUT2D eigenvalue weighted by atomic mass is 16.3. The maximum Gasteiger partial charge on any atom is 0.143 e. The molecule has 1 heterocycles. The standard InChI is InChI=1S/C52H41NO/c1-2-10-35(11-3-1)36-20-24-40(25-21-36)53(41-26-22-37(23-27-41)42-14-8-15-44-43-12-5-7-19-49(43)54-51(42)44)48-18-9-17-47-50(48)45-13-4-6-16-46(45)52(47)38-29-33-28-34(31-38)32-39(52)30-33/h1-27,33-34,38-39H,28-32H2. The van der Waals surface area contributed by atoms with E-state index in [0.717, 1.165) is 62.4 Å². The van der Waals surface area contributed by atoms with Gasteiger partial charge in [0.2, 0.25) is 0 Å². The van der Waals surface area contributed by atoms with Crippen LogP contribution in [0.1, 0.15) is 43.2 Å². The Balaban J connectivity index is 1.04. The third kappa shape index (κ3) is 4.28. The van der Waals surface area contributed by atoms with E-state index in [4.69, 9.17) is 4.42 Å². The van der Waals surface area contributed by atoms with E-state index in [0.29, 0.717) is 0 Å². The number of anilines is 3. The van der Waals surface area contributed by atoms with Crippen LogP contribution in [0.4, 0.5) is 17.1 Å². The maximum absolute atomic E-state index is 6.47. The minimum Gasteiger partial charge on any atom is -0.455 e. The van der Waals surface area contributed by atoms with Gasteiger partial charge in [0.25, 0.3) is 0 Å². The van der Waals surface area contributed by atoms with Crippen molar-refractivity contribution in [2.75, 3.05) is 4.90 Å². The smallest absolute Gasteiger partial charge is 0.143 e. The first-order valence-corrected chi connectivity index (χ1v) is 19.9. The van der Waals surface area contributed by atoms with Crippen molar-refractivity contribution >= 4 is 39.0 Å². The van der Waals surface area contributed by atoms with Gasteiger partial charge < -0.3 is 9.32 Å². The highest BCUT2D eigenvalue weighted by Gasteiger charge is 2.61. The van der Waals surface area contributed by atoms with Crippen LogP contribution >= 0.6 is 0 Å². The fourth-order valence-corrected chi connectivity index (χ4v) is 12.0. The lowest BCUT2D eigenvalue weighted by atomic mass is 9.43. The number of para-hydroxylation sites is 2. The van der Waals surface area contributed by atoms with E-state index in [1.807, 2.05) is 6.07 Å². The zero-order chi connectivity index (χ0) is 35.4. The molecule has 7 aromatic carbocycles. The van der Waals surface area contributed by atoms with Crippen molar-refractivity contribution in [1.29, 1.82) is 0 Å². The van der Waals surface area contributed by atoms with Gasteiger partial charge in [-0.25, -0.2) is 0 Å². The molecule has 5 aliphatic rings. The summed E-state index contributed by atoms with van der Waals surface area (Å²) in [6, 6.07) is 60.6. The molecule has 1 aromatic heterocycles. The molecule has 260 valence electrons. The lowest BCUT2D eigenvalue weighted by Gasteiger charge is -2.61. The molecule has 4 bridgehead atoms. The zero-order valence-corrected chi connectivity index (χ0v) is 30.3. The summed E-state index contributed by atoms with van der Waals surface area (Å²) in [7, 11) is 0. The van der Waals surface area contributed by atoms with Crippen molar-refractivity contribution in [1.82, 2.24) is 0 Å². The largest absolute Gasteiger partial charge is 0.455 e. The van der Waals surface area contributed by atoms with Gasteiger partial charge in [-0.1, -0.05) is 127 Å². The van der Waals surface area contributed by atoms with E-state index in [1.165, 1.54) is 65.7 Å². The normalized spacial score (nSPS) is 23.3. The van der Waals surface area contributed by atoms with Gasteiger partial charge in [-0.05, 0) is 126 Å². The lowest BCUT2D eigenvalue weighted by molar-refractivity contribution is -0.0399. The molecule has 2 heteroatoms. The SMILES string of the molecule is c1ccc(-c2ccc(N(c3ccc(-c4cccc5c4oc4ccccc45)cc3)c3cccc4c3-c3ccccc3C43C4CC5CC(C4)CC3C5)cc2)cc1. The minimum atomic E-state index is 0.118. The van der Waals surface area contributed by atoms with E-state index in [2.05, 4.69) is 163 Å². The molecule has 1 spiro atoms. The van der Waals surface area contributed by atoms with Crippen LogP contribution in [0.2, 0.25) is 0 Å². The molecule has 4 saturated carbocycles. The molecule has 0 aliphatic heterocycles. The fraction of sp³-hybridized carbons (Fsp3) is 0.192. The molecule has 4 fully saturated rings. The number of fused-ring (bicyclic) bond motifs is 6. The molecule has 0 radical (unpaired) electrons. The molecule has 0 amide bonds. The first-order valence-electron chi connectivity index (χ1n) is 19.9. The second kappa shape index (κ2) is 11.6. The van der Waals surface area contributed by atoms with E-state index in [1.54, 1.807) is 11.1 Å². The summed E-state index contributed by atoms with van der Waals surface area (Å²) in [4.78, 5) is 2.52. The average Bonchev–Trinajstić information content (AvgIpc) is 3.75. The Morgan fingerprint density at radius 3 is 1.78 bits per heavy atom. The van der Waals surface area contributed by atoms with Gasteiger partial charge in [0, 0.05) is 38.7 Å². The molecule has 54 heavy (non-hydrogen) atoms. The van der Waals surface area contributed by atoms with Crippen molar-refractivity contribution < 1.29 is 4.42 Å². The molecule has 0 N–H and O–H groups in total. The summed E-state index contributed by atoms with van der Waals surface area (Å²) < 4.78 is 6.47. The summed E-state index contributed by atoms with van der Waals surface area (Å²) in [5.41, 5.74) is 16.4. The fourth-order valence-electron chi connectivity index (χ4n) is 12.0. The summed E-state index contributed by atoms with van der Waals surface area (Å²) in [5, 5.41) is 2.32. The quantitative estimate of drug-likeness (QED) is 0.178. The summed E-state index contributed by atoms with van der Waals surface area (Å²) in [6.45, 7) is 0. The van der Waals surface area contributed by atoms with Crippen LogP contribution in [0.3, 0.4) is 0 Å². The van der Waals surface area contributed by atoms with Crippen molar-refractivity contribution in [3.8, 4) is 33.4 Å². The molecule has 8 aromatic rings. The van der Waals surface area contributed by atoms with E-state index in [-0.39, 0.29) is 5.41 Å². The molecule has 5 aliphatic carbocycles. The second-order valence-electron chi connectivity index (χ2n) is 16.5.